The molecule has 126 valence electrons. The highest BCUT2D eigenvalue weighted by atomic mass is 35.5. The first-order valence-electron chi connectivity index (χ1n) is 7.85. The summed E-state index contributed by atoms with van der Waals surface area (Å²) in [5.74, 6) is 1.08. The van der Waals surface area contributed by atoms with E-state index in [0.29, 0.717) is 11.7 Å². The average Bonchev–Trinajstić information content (AvgIpc) is 3.28. The molecule has 1 saturated carbocycles. The molecule has 7 heteroatoms. The summed E-state index contributed by atoms with van der Waals surface area (Å²) in [6.45, 7) is 0. The van der Waals surface area contributed by atoms with E-state index in [9.17, 15) is 0 Å². The van der Waals surface area contributed by atoms with E-state index >= 15 is 0 Å². The molecular formula is C17H19ClN4OS. The van der Waals surface area contributed by atoms with Gasteiger partial charge in [0.2, 0.25) is 0 Å². The minimum Gasteiger partial charge on any atom is -0.332 e. The molecule has 3 aromatic rings. The van der Waals surface area contributed by atoms with Gasteiger partial charge in [0.25, 0.3) is 5.89 Å². The van der Waals surface area contributed by atoms with E-state index in [2.05, 4.69) is 27.3 Å². The molecule has 0 bridgehead atoms. The van der Waals surface area contributed by atoms with Gasteiger partial charge in [0.15, 0.2) is 5.82 Å². The Labute approximate surface area is 150 Å². The minimum absolute atomic E-state index is 0. The summed E-state index contributed by atoms with van der Waals surface area (Å²) in [7, 11) is 0. The summed E-state index contributed by atoms with van der Waals surface area (Å²) in [5.41, 5.74) is 7.93. The van der Waals surface area contributed by atoms with Gasteiger partial charge in [0.1, 0.15) is 5.69 Å². The van der Waals surface area contributed by atoms with Gasteiger partial charge in [0.05, 0.1) is 10.5 Å². The van der Waals surface area contributed by atoms with Crippen LogP contribution in [0.1, 0.15) is 42.1 Å². The summed E-state index contributed by atoms with van der Waals surface area (Å²) in [6, 6.07) is 10.3. The highest BCUT2D eigenvalue weighted by molar-refractivity contribution is 7.10. The Morgan fingerprint density at radius 2 is 1.88 bits per heavy atom. The topological polar surface area (TPSA) is 77.8 Å². The number of hydrogen-bond donors (Lipinski definition) is 1. The molecule has 0 radical (unpaired) electrons. The second-order valence-electron chi connectivity index (χ2n) is 6.08. The summed E-state index contributed by atoms with van der Waals surface area (Å²) in [5, 5.41) is 7.10. The van der Waals surface area contributed by atoms with Crippen molar-refractivity contribution in [2.24, 2.45) is 5.73 Å². The van der Waals surface area contributed by atoms with Crippen LogP contribution in [0, 0.1) is 0 Å². The number of nitrogens with two attached hydrogens (primary N) is 1. The monoisotopic (exact) mass is 362 g/mol. The second kappa shape index (κ2) is 7.01. The number of hydrogen-bond acceptors (Lipinski definition) is 6. The first-order chi connectivity index (χ1) is 11.2. The van der Waals surface area contributed by atoms with Crippen molar-refractivity contribution in [3.8, 4) is 11.6 Å². The zero-order valence-corrected chi connectivity index (χ0v) is 14.8. The van der Waals surface area contributed by atoms with Crippen molar-refractivity contribution in [1.82, 2.24) is 15.1 Å². The number of aromatic nitrogens is 3. The highest BCUT2D eigenvalue weighted by Gasteiger charge is 2.36. The fourth-order valence-electron chi connectivity index (χ4n) is 3.02. The lowest BCUT2D eigenvalue weighted by Crippen LogP contribution is -2.34. The van der Waals surface area contributed by atoms with Gasteiger partial charge in [-0.2, -0.15) is 4.98 Å². The van der Waals surface area contributed by atoms with Crippen LogP contribution in [0.5, 0.6) is 0 Å². The number of benzene rings is 1. The van der Waals surface area contributed by atoms with Crippen molar-refractivity contribution in [3.63, 3.8) is 0 Å². The van der Waals surface area contributed by atoms with E-state index in [4.69, 9.17) is 10.3 Å². The fourth-order valence-corrected chi connectivity index (χ4v) is 3.82. The molecule has 1 aliphatic carbocycles. The lowest BCUT2D eigenvalue weighted by molar-refractivity contribution is 0.372. The summed E-state index contributed by atoms with van der Waals surface area (Å²) in [4.78, 5) is 9.12. The molecule has 0 unspecified atom stereocenters. The molecular weight excluding hydrogens is 344 g/mol. The van der Waals surface area contributed by atoms with Crippen molar-refractivity contribution in [2.75, 3.05) is 0 Å². The molecule has 0 atom stereocenters. The van der Waals surface area contributed by atoms with Crippen LogP contribution in [0.4, 0.5) is 0 Å². The van der Waals surface area contributed by atoms with Crippen LogP contribution >= 0.6 is 23.7 Å². The van der Waals surface area contributed by atoms with Crippen molar-refractivity contribution >= 4 is 23.7 Å². The first-order valence-corrected chi connectivity index (χ1v) is 8.73. The molecule has 1 aliphatic rings. The lowest BCUT2D eigenvalue weighted by atomic mass is 9.99. The van der Waals surface area contributed by atoms with Gasteiger partial charge < -0.3 is 10.3 Å². The van der Waals surface area contributed by atoms with Gasteiger partial charge in [-0.25, -0.2) is 4.98 Å². The molecule has 5 nitrogen and oxygen atoms in total. The molecule has 1 fully saturated rings. The van der Waals surface area contributed by atoms with Crippen LogP contribution in [0.2, 0.25) is 0 Å². The molecule has 2 N–H and O–H groups in total. The zero-order valence-electron chi connectivity index (χ0n) is 13.1. The van der Waals surface area contributed by atoms with Crippen LogP contribution in [-0.4, -0.2) is 15.1 Å². The Balaban J connectivity index is 0.00000169. The Hall–Kier alpha value is -1.76. The molecule has 4 rings (SSSR count). The van der Waals surface area contributed by atoms with Gasteiger partial charge in [-0.15, -0.1) is 23.7 Å². The summed E-state index contributed by atoms with van der Waals surface area (Å²) >= 11 is 1.61. The Bertz CT molecular complexity index is 796. The predicted octanol–water partition coefficient (Wildman–Crippen LogP) is 3.93. The zero-order chi connectivity index (χ0) is 15.7. The van der Waals surface area contributed by atoms with E-state index in [1.807, 2.05) is 23.6 Å². The molecule has 0 spiro atoms. The minimum atomic E-state index is -0.426. The maximum absolute atomic E-state index is 6.38. The smallest absolute Gasteiger partial charge is 0.277 e. The van der Waals surface area contributed by atoms with Crippen LogP contribution in [0.25, 0.3) is 11.6 Å². The Morgan fingerprint density at radius 3 is 2.62 bits per heavy atom. The van der Waals surface area contributed by atoms with Gasteiger partial charge in [0, 0.05) is 11.8 Å². The fraction of sp³-hybridized carbons (Fsp3) is 0.353. The van der Waals surface area contributed by atoms with Crippen molar-refractivity contribution in [1.29, 1.82) is 0 Å². The normalized spacial score (nSPS) is 16.0. The third-order valence-electron chi connectivity index (χ3n) is 4.34. The van der Waals surface area contributed by atoms with E-state index in [0.717, 1.165) is 42.8 Å². The maximum Gasteiger partial charge on any atom is 0.277 e. The second-order valence-corrected chi connectivity index (χ2v) is 7.02. The molecule has 0 amide bonds. The predicted molar refractivity (Wildman–Crippen MR) is 96.2 cm³/mol. The van der Waals surface area contributed by atoms with Gasteiger partial charge >= 0.3 is 0 Å². The van der Waals surface area contributed by atoms with Crippen LogP contribution in [-0.2, 0) is 12.0 Å². The number of nitrogens with zero attached hydrogens (tertiary/aromatic N) is 3. The number of thiazole rings is 1. The highest BCUT2D eigenvalue weighted by Crippen LogP contribution is 2.35. The van der Waals surface area contributed by atoms with E-state index < -0.39 is 5.54 Å². The van der Waals surface area contributed by atoms with E-state index in [1.54, 1.807) is 11.3 Å². The Morgan fingerprint density at radius 1 is 1.12 bits per heavy atom. The van der Waals surface area contributed by atoms with Gasteiger partial charge in [-0.05, 0) is 18.4 Å². The van der Waals surface area contributed by atoms with E-state index in [1.165, 1.54) is 5.56 Å². The van der Waals surface area contributed by atoms with Gasteiger partial charge in [-0.3, -0.25) is 0 Å². The Kier molecular flexibility index (Phi) is 4.99. The third-order valence-corrected chi connectivity index (χ3v) is 5.18. The van der Waals surface area contributed by atoms with Crippen molar-refractivity contribution in [3.05, 3.63) is 52.1 Å². The standard InChI is InChI=1S/C17H18N4OS.ClH/c18-17(8-4-5-9-17)16-20-15(22-21-16)13-11-23-14(19-13)10-12-6-2-1-3-7-12;/h1-3,6-7,11H,4-5,8-10,18H2;1H. The first kappa shape index (κ1) is 17.1. The third kappa shape index (κ3) is 3.36. The number of halogens is 1. The summed E-state index contributed by atoms with van der Waals surface area (Å²) < 4.78 is 5.39. The van der Waals surface area contributed by atoms with Crippen molar-refractivity contribution in [2.45, 2.75) is 37.6 Å². The van der Waals surface area contributed by atoms with Crippen LogP contribution < -0.4 is 5.73 Å². The molecule has 1 aromatic carbocycles. The molecule has 2 aromatic heterocycles. The maximum atomic E-state index is 6.38. The molecule has 24 heavy (non-hydrogen) atoms. The van der Waals surface area contributed by atoms with Crippen molar-refractivity contribution < 1.29 is 4.52 Å². The SMILES string of the molecule is Cl.NC1(c2noc(-c3csc(Cc4ccccc4)n3)n2)CCCC1. The van der Waals surface area contributed by atoms with Crippen LogP contribution in [0.15, 0.2) is 40.2 Å². The molecule has 0 saturated heterocycles. The number of rotatable bonds is 4. The largest absolute Gasteiger partial charge is 0.332 e. The van der Waals surface area contributed by atoms with Gasteiger partial charge in [-0.1, -0.05) is 48.3 Å². The average molecular weight is 363 g/mol. The van der Waals surface area contributed by atoms with Crippen LogP contribution in [0.3, 0.4) is 0 Å². The molecule has 0 aliphatic heterocycles. The molecule has 2 heterocycles. The van der Waals surface area contributed by atoms with E-state index in [-0.39, 0.29) is 12.4 Å². The quantitative estimate of drug-likeness (QED) is 0.760. The lowest BCUT2D eigenvalue weighted by Gasteiger charge is -2.17. The summed E-state index contributed by atoms with van der Waals surface area (Å²) in [6.07, 6.45) is 4.90.